The second-order valence-corrected chi connectivity index (χ2v) is 14.4. The Morgan fingerprint density at radius 3 is 1.48 bits per heavy atom. The van der Waals surface area contributed by atoms with Crippen molar-refractivity contribution in [3.63, 3.8) is 0 Å². The van der Waals surface area contributed by atoms with Crippen LogP contribution in [0.15, 0.2) is 182 Å². The minimum atomic E-state index is 1.14. The van der Waals surface area contributed by atoms with Gasteiger partial charge in [-0.3, -0.25) is 0 Å². The Labute approximate surface area is 318 Å². The number of anilines is 3. The number of aromatic nitrogens is 1. The number of benzene rings is 8. The largest absolute Gasteiger partial charge is 0.310 e. The van der Waals surface area contributed by atoms with Gasteiger partial charge < -0.3 is 9.47 Å². The van der Waals surface area contributed by atoms with Gasteiger partial charge >= 0.3 is 0 Å². The van der Waals surface area contributed by atoms with Crippen molar-refractivity contribution in [2.24, 2.45) is 0 Å². The topological polar surface area (TPSA) is 8.17 Å². The van der Waals surface area contributed by atoms with Gasteiger partial charge in [0.1, 0.15) is 0 Å². The molecule has 0 spiro atoms. The van der Waals surface area contributed by atoms with Crippen LogP contribution in [0.1, 0.15) is 22.3 Å². The molecule has 54 heavy (non-hydrogen) atoms. The summed E-state index contributed by atoms with van der Waals surface area (Å²) in [5, 5.41) is 2.56. The van der Waals surface area contributed by atoms with Crippen molar-refractivity contribution in [3.05, 3.63) is 204 Å². The van der Waals surface area contributed by atoms with Crippen molar-refractivity contribution >= 4 is 38.9 Å². The molecule has 0 saturated heterocycles. The maximum atomic E-state index is 2.38. The number of nitrogens with zero attached hydrogens (tertiary/aromatic N) is 2. The molecule has 0 unspecified atom stereocenters. The standard InChI is InChI=1S/C52H42N2/c1-35-33-42(41-25-29-45(30-26-41)54-50-21-13-11-19-47(50)48-20-12-14-22-51(48)54)34-36(2)52(35)46-31-32-49(38(4)37(46)3)53(43-17-9-6-10-18-43)44-27-23-40(24-28-44)39-15-7-5-8-16-39/h5-34H,1-4H3. The highest BCUT2D eigenvalue weighted by molar-refractivity contribution is 6.09. The zero-order valence-corrected chi connectivity index (χ0v) is 31.2. The Morgan fingerprint density at radius 1 is 0.389 bits per heavy atom. The normalized spacial score (nSPS) is 11.3. The second-order valence-electron chi connectivity index (χ2n) is 14.4. The zero-order chi connectivity index (χ0) is 36.8. The molecule has 0 aliphatic carbocycles. The highest BCUT2D eigenvalue weighted by Crippen LogP contribution is 2.42. The molecule has 9 rings (SSSR count). The summed E-state index contributed by atoms with van der Waals surface area (Å²) < 4.78 is 2.38. The SMILES string of the molecule is Cc1cc(-c2ccc(-n3c4ccccc4c4ccccc43)cc2)cc(C)c1-c1ccc(N(c2ccccc2)c2ccc(-c3ccccc3)cc2)c(C)c1C. The quantitative estimate of drug-likeness (QED) is 0.161. The summed E-state index contributed by atoms with van der Waals surface area (Å²) in [5.41, 5.74) is 19.7. The third-order valence-corrected chi connectivity index (χ3v) is 11.1. The van der Waals surface area contributed by atoms with E-state index in [2.05, 4.69) is 219 Å². The van der Waals surface area contributed by atoms with Crippen LogP contribution in [-0.4, -0.2) is 4.57 Å². The third-order valence-electron chi connectivity index (χ3n) is 11.1. The molecule has 0 radical (unpaired) electrons. The Morgan fingerprint density at radius 2 is 0.870 bits per heavy atom. The van der Waals surface area contributed by atoms with E-state index in [0.717, 1.165) is 11.4 Å². The summed E-state index contributed by atoms with van der Waals surface area (Å²) in [6.45, 7) is 9.05. The first kappa shape index (κ1) is 33.2. The average molecular weight is 695 g/mol. The molecule has 260 valence electrons. The molecule has 0 fully saturated rings. The molecule has 0 aliphatic heterocycles. The molecule has 2 heteroatoms. The van der Waals surface area contributed by atoms with Crippen LogP contribution in [0, 0.1) is 27.7 Å². The van der Waals surface area contributed by atoms with Crippen molar-refractivity contribution in [1.82, 2.24) is 4.57 Å². The van der Waals surface area contributed by atoms with Crippen molar-refractivity contribution < 1.29 is 0 Å². The van der Waals surface area contributed by atoms with Gasteiger partial charge in [0, 0.05) is 33.5 Å². The number of rotatable bonds is 7. The highest BCUT2D eigenvalue weighted by atomic mass is 15.1. The second kappa shape index (κ2) is 13.7. The predicted molar refractivity (Wildman–Crippen MR) is 231 cm³/mol. The van der Waals surface area contributed by atoms with Gasteiger partial charge in [0.25, 0.3) is 0 Å². The van der Waals surface area contributed by atoms with Crippen molar-refractivity contribution in [3.8, 4) is 39.1 Å². The number of para-hydroxylation sites is 3. The fourth-order valence-corrected chi connectivity index (χ4v) is 8.32. The third kappa shape index (κ3) is 5.77. The Kier molecular flexibility index (Phi) is 8.44. The minimum Gasteiger partial charge on any atom is -0.310 e. The fourth-order valence-electron chi connectivity index (χ4n) is 8.32. The molecule has 0 amide bonds. The predicted octanol–water partition coefficient (Wildman–Crippen LogP) is 14.5. The van der Waals surface area contributed by atoms with Crippen LogP contribution in [-0.2, 0) is 0 Å². The van der Waals surface area contributed by atoms with Gasteiger partial charge in [0.15, 0.2) is 0 Å². The van der Waals surface area contributed by atoms with Gasteiger partial charge in [-0.05, 0) is 138 Å². The molecular weight excluding hydrogens is 653 g/mol. The average Bonchev–Trinajstić information content (AvgIpc) is 3.55. The van der Waals surface area contributed by atoms with E-state index in [1.807, 2.05) is 0 Å². The Bertz CT molecular complexity index is 2700. The molecule has 9 aromatic rings. The molecule has 0 saturated carbocycles. The number of hydrogen-bond donors (Lipinski definition) is 0. The van der Waals surface area contributed by atoms with Crippen LogP contribution < -0.4 is 4.90 Å². The van der Waals surface area contributed by atoms with Gasteiger partial charge in [-0.1, -0.05) is 127 Å². The van der Waals surface area contributed by atoms with E-state index in [1.54, 1.807) is 0 Å². The maximum Gasteiger partial charge on any atom is 0.0541 e. The van der Waals surface area contributed by atoms with Gasteiger partial charge in [-0.15, -0.1) is 0 Å². The van der Waals surface area contributed by atoms with Crippen LogP contribution in [0.2, 0.25) is 0 Å². The molecular formula is C52H42N2. The van der Waals surface area contributed by atoms with Crippen LogP contribution in [0.4, 0.5) is 17.1 Å². The minimum absolute atomic E-state index is 1.14. The molecule has 0 atom stereocenters. The summed E-state index contributed by atoms with van der Waals surface area (Å²) in [4.78, 5) is 2.38. The van der Waals surface area contributed by atoms with Crippen LogP contribution in [0.3, 0.4) is 0 Å². The van der Waals surface area contributed by atoms with Crippen molar-refractivity contribution in [2.75, 3.05) is 4.90 Å². The first-order chi connectivity index (χ1) is 26.5. The van der Waals surface area contributed by atoms with E-state index in [4.69, 9.17) is 0 Å². The van der Waals surface area contributed by atoms with E-state index in [1.165, 1.54) is 88.8 Å². The number of aryl methyl sites for hydroxylation is 2. The molecule has 0 aliphatic rings. The van der Waals surface area contributed by atoms with Gasteiger partial charge in [-0.2, -0.15) is 0 Å². The lowest BCUT2D eigenvalue weighted by Gasteiger charge is -2.29. The van der Waals surface area contributed by atoms with E-state index < -0.39 is 0 Å². The van der Waals surface area contributed by atoms with E-state index in [-0.39, 0.29) is 0 Å². The lowest BCUT2D eigenvalue weighted by atomic mass is 9.87. The molecule has 1 heterocycles. The van der Waals surface area contributed by atoms with Gasteiger partial charge in [0.05, 0.1) is 11.0 Å². The van der Waals surface area contributed by atoms with E-state index in [0.29, 0.717) is 0 Å². The lowest BCUT2D eigenvalue weighted by molar-refractivity contribution is 1.18. The summed E-state index contributed by atoms with van der Waals surface area (Å²) in [6, 6.07) is 65.9. The molecule has 8 aromatic carbocycles. The number of fused-ring (bicyclic) bond motifs is 3. The first-order valence-corrected chi connectivity index (χ1v) is 18.8. The van der Waals surface area contributed by atoms with Crippen molar-refractivity contribution in [2.45, 2.75) is 27.7 Å². The van der Waals surface area contributed by atoms with Crippen molar-refractivity contribution in [1.29, 1.82) is 0 Å². The molecule has 0 bridgehead atoms. The summed E-state index contributed by atoms with van der Waals surface area (Å²) in [6.07, 6.45) is 0. The number of hydrogen-bond acceptors (Lipinski definition) is 1. The Balaban J connectivity index is 1.06. The van der Waals surface area contributed by atoms with E-state index >= 15 is 0 Å². The summed E-state index contributed by atoms with van der Waals surface area (Å²) in [5.74, 6) is 0. The monoisotopic (exact) mass is 694 g/mol. The zero-order valence-electron chi connectivity index (χ0n) is 31.2. The highest BCUT2D eigenvalue weighted by Gasteiger charge is 2.20. The van der Waals surface area contributed by atoms with Crippen LogP contribution >= 0.6 is 0 Å². The fraction of sp³-hybridized carbons (Fsp3) is 0.0769. The maximum absolute atomic E-state index is 2.38. The summed E-state index contributed by atoms with van der Waals surface area (Å²) in [7, 11) is 0. The van der Waals surface area contributed by atoms with Gasteiger partial charge in [0.2, 0.25) is 0 Å². The smallest absolute Gasteiger partial charge is 0.0541 e. The molecule has 1 aromatic heterocycles. The summed E-state index contributed by atoms with van der Waals surface area (Å²) >= 11 is 0. The Hall–Kier alpha value is -6.64. The van der Waals surface area contributed by atoms with Crippen LogP contribution in [0.25, 0.3) is 60.9 Å². The lowest BCUT2D eigenvalue weighted by Crippen LogP contribution is -2.12. The van der Waals surface area contributed by atoms with Gasteiger partial charge in [-0.25, -0.2) is 0 Å². The molecule has 0 N–H and O–H groups in total. The molecule has 2 nitrogen and oxygen atoms in total. The van der Waals surface area contributed by atoms with E-state index in [9.17, 15) is 0 Å². The van der Waals surface area contributed by atoms with Crippen LogP contribution in [0.5, 0.6) is 0 Å². The first-order valence-electron chi connectivity index (χ1n) is 18.8.